The molecule has 0 spiro atoms. The molecule has 1 fully saturated rings. The molecule has 2 nitrogen and oxygen atoms in total. The maximum atomic E-state index is 8.80. The molecule has 1 saturated heterocycles. The van der Waals surface area contributed by atoms with Crippen molar-refractivity contribution < 1.29 is 5.11 Å². The number of rotatable bonds is 3. The Morgan fingerprint density at radius 1 is 1.55 bits per heavy atom. The highest BCUT2D eigenvalue weighted by Gasteiger charge is 2.14. The van der Waals surface area contributed by atoms with Crippen LogP contribution in [-0.4, -0.2) is 35.3 Å². The van der Waals surface area contributed by atoms with E-state index >= 15 is 0 Å². The van der Waals surface area contributed by atoms with Crippen molar-refractivity contribution in [2.24, 2.45) is 0 Å². The Hall–Kier alpha value is 0.270. The number of nitrogens with one attached hydrogen (secondary N) is 1. The maximum Gasteiger partial charge on any atom is 0.0582 e. The average molecular weight is 175 g/mol. The molecule has 0 amide bonds. The Bertz CT molecular complexity index is 104. The van der Waals surface area contributed by atoms with E-state index in [0.29, 0.717) is 6.04 Å². The van der Waals surface area contributed by atoms with Gasteiger partial charge in [0.15, 0.2) is 0 Å². The molecule has 0 unspecified atom stereocenters. The standard InChI is InChI=1S/C8H17NOS/c1-7(6-10)9-8-2-4-11-5-3-8/h7-10H,2-6H2,1H3/t7-/m1/s1. The second-order valence-corrected chi connectivity index (χ2v) is 4.36. The van der Waals surface area contributed by atoms with Gasteiger partial charge in [-0.25, -0.2) is 0 Å². The van der Waals surface area contributed by atoms with Gasteiger partial charge in [0.25, 0.3) is 0 Å². The summed E-state index contributed by atoms with van der Waals surface area (Å²) in [7, 11) is 0. The Morgan fingerprint density at radius 3 is 2.73 bits per heavy atom. The van der Waals surface area contributed by atoms with Gasteiger partial charge in [-0.05, 0) is 31.3 Å². The zero-order valence-electron chi connectivity index (χ0n) is 7.05. The lowest BCUT2D eigenvalue weighted by Crippen LogP contribution is -2.40. The third kappa shape index (κ3) is 3.45. The molecule has 1 rings (SSSR count). The minimum absolute atomic E-state index is 0.254. The highest BCUT2D eigenvalue weighted by molar-refractivity contribution is 7.99. The summed E-state index contributed by atoms with van der Waals surface area (Å²) < 4.78 is 0. The first-order valence-corrected chi connectivity index (χ1v) is 5.43. The monoisotopic (exact) mass is 175 g/mol. The molecule has 1 aliphatic rings. The largest absolute Gasteiger partial charge is 0.395 e. The van der Waals surface area contributed by atoms with Gasteiger partial charge in [0.2, 0.25) is 0 Å². The fourth-order valence-electron chi connectivity index (χ4n) is 1.32. The summed E-state index contributed by atoms with van der Waals surface area (Å²) in [4.78, 5) is 0. The van der Waals surface area contributed by atoms with Crippen molar-refractivity contribution in [3.63, 3.8) is 0 Å². The lowest BCUT2D eigenvalue weighted by molar-refractivity contribution is 0.238. The molecule has 0 bridgehead atoms. The van der Waals surface area contributed by atoms with Crippen molar-refractivity contribution in [3.8, 4) is 0 Å². The molecule has 0 aromatic heterocycles. The molecule has 11 heavy (non-hydrogen) atoms. The minimum Gasteiger partial charge on any atom is -0.395 e. The van der Waals surface area contributed by atoms with Gasteiger partial charge < -0.3 is 10.4 Å². The summed E-state index contributed by atoms with van der Waals surface area (Å²) >= 11 is 2.03. The first kappa shape index (κ1) is 9.36. The number of aliphatic hydroxyl groups is 1. The van der Waals surface area contributed by atoms with E-state index in [0.717, 1.165) is 0 Å². The van der Waals surface area contributed by atoms with E-state index in [-0.39, 0.29) is 12.6 Å². The van der Waals surface area contributed by atoms with Gasteiger partial charge in [-0.1, -0.05) is 0 Å². The van der Waals surface area contributed by atoms with E-state index < -0.39 is 0 Å². The van der Waals surface area contributed by atoms with Gasteiger partial charge in [-0.3, -0.25) is 0 Å². The highest BCUT2D eigenvalue weighted by atomic mass is 32.2. The van der Waals surface area contributed by atoms with Crippen LogP contribution < -0.4 is 5.32 Å². The Balaban J connectivity index is 2.13. The van der Waals surface area contributed by atoms with Crippen molar-refractivity contribution in [2.45, 2.75) is 31.8 Å². The molecule has 0 aliphatic carbocycles. The van der Waals surface area contributed by atoms with Crippen molar-refractivity contribution in [2.75, 3.05) is 18.1 Å². The van der Waals surface area contributed by atoms with E-state index in [2.05, 4.69) is 5.32 Å². The zero-order chi connectivity index (χ0) is 8.10. The Kier molecular flexibility index (Phi) is 4.26. The van der Waals surface area contributed by atoms with Crippen LogP contribution in [0.4, 0.5) is 0 Å². The van der Waals surface area contributed by atoms with Crippen molar-refractivity contribution >= 4 is 11.8 Å². The van der Waals surface area contributed by atoms with Crippen LogP contribution in [0.2, 0.25) is 0 Å². The smallest absolute Gasteiger partial charge is 0.0582 e. The molecule has 1 atom stereocenters. The first-order valence-electron chi connectivity index (χ1n) is 4.27. The Morgan fingerprint density at radius 2 is 2.18 bits per heavy atom. The van der Waals surface area contributed by atoms with Crippen LogP contribution in [0.25, 0.3) is 0 Å². The van der Waals surface area contributed by atoms with Crippen molar-refractivity contribution in [1.82, 2.24) is 5.32 Å². The van der Waals surface area contributed by atoms with E-state index in [1.54, 1.807) is 0 Å². The number of hydrogen-bond donors (Lipinski definition) is 2. The fourth-order valence-corrected chi connectivity index (χ4v) is 2.43. The lowest BCUT2D eigenvalue weighted by atomic mass is 10.1. The molecule has 2 N–H and O–H groups in total. The summed E-state index contributed by atoms with van der Waals surface area (Å²) in [5.74, 6) is 2.55. The molecule has 1 aliphatic heterocycles. The Labute approximate surface area is 72.8 Å². The SMILES string of the molecule is C[C@H](CO)NC1CCSCC1. The molecule has 0 saturated carbocycles. The van der Waals surface area contributed by atoms with Crippen LogP contribution in [0, 0.1) is 0 Å². The summed E-state index contributed by atoms with van der Waals surface area (Å²) in [5, 5.41) is 12.2. The topological polar surface area (TPSA) is 32.3 Å². The third-order valence-electron chi connectivity index (χ3n) is 2.02. The average Bonchev–Trinajstić information content (AvgIpc) is 2.06. The quantitative estimate of drug-likeness (QED) is 0.667. The number of aliphatic hydroxyl groups excluding tert-OH is 1. The molecule has 0 aromatic carbocycles. The summed E-state index contributed by atoms with van der Waals surface area (Å²) in [6, 6.07) is 0.918. The van der Waals surface area contributed by atoms with Gasteiger partial charge in [-0.15, -0.1) is 0 Å². The van der Waals surface area contributed by atoms with E-state index in [9.17, 15) is 0 Å². The predicted octanol–water partition coefficient (Wildman–Crippen LogP) is 0.852. The molecular weight excluding hydrogens is 158 g/mol. The molecule has 66 valence electrons. The van der Waals surface area contributed by atoms with Crippen LogP contribution in [0.1, 0.15) is 19.8 Å². The van der Waals surface area contributed by atoms with E-state index in [4.69, 9.17) is 5.11 Å². The van der Waals surface area contributed by atoms with Gasteiger partial charge in [-0.2, -0.15) is 11.8 Å². The van der Waals surface area contributed by atoms with E-state index in [1.807, 2.05) is 18.7 Å². The summed E-state index contributed by atoms with van der Waals surface area (Å²) in [6.07, 6.45) is 2.52. The van der Waals surface area contributed by atoms with Crippen molar-refractivity contribution in [1.29, 1.82) is 0 Å². The molecular formula is C8H17NOS. The normalized spacial score (nSPS) is 23.5. The van der Waals surface area contributed by atoms with Gasteiger partial charge in [0.1, 0.15) is 0 Å². The zero-order valence-corrected chi connectivity index (χ0v) is 7.86. The van der Waals surface area contributed by atoms with Crippen LogP contribution in [0.5, 0.6) is 0 Å². The summed E-state index contributed by atoms with van der Waals surface area (Å²) in [6.45, 7) is 2.28. The predicted molar refractivity (Wildman–Crippen MR) is 50.0 cm³/mol. The van der Waals surface area contributed by atoms with Crippen LogP contribution in [0.15, 0.2) is 0 Å². The molecule has 0 aromatic rings. The summed E-state index contributed by atoms with van der Waals surface area (Å²) in [5.41, 5.74) is 0. The van der Waals surface area contributed by atoms with Gasteiger partial charge >= 0.3 is 0 Å². The highest BCUT2D eigenvalue weighted by Crippen LogP contribution is 2.17. The van der Waals surface area contributed by atoms with Gasteiger partial charge in [0.05, 0.1) is 6.61 Å². The minimum atomic E-state index is 0.254. The fraction of sp³-hybridized carbons (Fsp3) is 1.00. The maximum absolute atomic E-state index is 8.80. The number of hydrogen-bond acceptors (Lipinski definition) is 3. The number of thioether (sulfide) groups is 1. The van der Waals surface area contributed by atoms with Gasteiger partial charge in [0, 0.05) is 12.1 Å². The second kappa shape index (κ2) is 5.01. The van der Waals surface area contributed by atoms with Crippen LogP contribution in [0.3, 0.4) is 0 Å². The second-order valence-electron chi connectivity index (χ2n) is 3.14. The lowest BCUT2D eigenvalue weighted by Gasteiger charge is -2.25. The molecule has 3 heteroatoms. The van der Waals surface area contributed by atoms with Crippen LogP contribution >= 0.6 is 11.8 Å². The molecule has 1 heterocycles. The third-order valence-corrected chi connectivity index (χ3v) is 3.06. The van der Waals surface area contributed by atoms with Crippen molar-refractivity contribution in [3.05, 3.63) is 0 Å². The van der Waals surface area contributed by atoms with Crippen LogP contribution in [-0.2, 0) is 0 Å². The molecule has 0 radical (unpaired) electrons. The first-order chi connectivity index (χ1) is 5.33. The van der Waals surface area contributed by atoms with E-state index in [1.165, 1.54) is 24.3 Å².